The molecule has 26 heavy (non-hydrogen) atoms. The molecule has 1 unspecified atom stereocenters. The van der Waals surface area contributed by atoms with Crippen molar-refractivity contribution < 1.29 is 24.2 Å². The van der Waals surface area contributed by atoms with Gasteiger partial charge in [-0.2, -0.15) is 0 Å². The maximum absolute atomic E-state index is 12.5. The lowest BCUT2D eigenvalue weighted by atomic mass is 10.1. The average Bonchev–Trinajstić information content (AvgIpc) is 2.61. The van der Waals surface area contributed by atoms with Crippen molar-refractivity contribution >= 4 is 11.9 Å². The maximum atomic E-state index is 12.5. The summed E-state index contributed by atoms with van der Waals surface area (Å²) in [5, 5.41) is 12.0. The molecule has 6 nitrogen and oxygen atoms in total. The second-order valence-corrected chi connectivity index (χ2v) is 6.09. The molecule has 0 aromatic heterocycles. The SMILES string of the molecule is COc1cc(C(=O)NC(Cc2ccccc2)C(=O)O)ccc1OC(C)C. The summed E-state index contributed by atoms with van der Waals surface area (Å²) < 4.78 is 10.9. The number of methoxy groups -OCH3 is 1. The van der Waals surface area contributed by atoms with Crippen LogP contribution in [0.15, 0.2) is 48.5 Å². The molecule has 2 N–H and O–H groups in total. The Balaban J connectivity index is 2.14. The van der Waals surface area contributed by atoms with Crippen LogP contribution in [-0.4, -0.2) is 36.2 Å². The normalized spacial score (nSPS) is 11.7. The van der Waals surface area contributed by atoms with Crippen molar-refractivity contribution in [3.05, 3.63) is 59.7 Å². The van der Waals surface area contributed by atoms with Gasteiger partial charge in [0.2, 0.25) is 0 Å². The number of aliphatic carboxylic acids is 1. The van der Waals surface area contributed by atoms with Gasteiger partial charge in [0.05, 0.1) is 13.2 Å². The van der Waals surface area contributed by atoms with Gasteiger partial charge in [-0.25, -0.2) is 4.79 Å². The van der Waals surface area contributed by atoms with Gasteiger partial charge in [0, 0.05) is 12.0 Å². The summed E-state index contributed by atoms with van der Waals surface area (Å²) in [7, 11) is 1.49. The highest BCUT2D eigenvalue weighted by Crippen LogP contribution is 2.29. The van der Waals surface area contributed by atoms with E-state index in [1.165, 1.54) is 13.2 Å². The van der Waals surface area contributed by atoms with Crippen molar-refractivity contribution in [1.29, 1.82) is 0 Å². The van der Waals surface area contributed by atoms with E-state index in [1.54, 1.807) is 12.1 Å². The Morgan fingerprint density at radius 3 is 2.35 bits per heavy atom. The minimum atomic E-state index is -1.09. The summed E-state index contributed by atoms with van der Waals surface area (Å²) in [5.41, 5.74) is 1.13. The van der Waals surface area contributed by atoms with Gasteiger partial charge in [-0.15, -0.1) is 0 Å². The third-order valence-corrected chi connectivity index (χ3v) is 3.67. The zero-order valence-electron chi connectivity index (χ0n) is 15.1. The second-order valence-electron chi connectivity index (χ2n) is 6.09. The molecule has 138 valence electrons. The fraction of sp³-hybridized carbons (Fsp3) is 0.300. The minimum absolute atomic E-state index is 0.0363. The summed E-state index contributed by atoms with van der Waals surface area (Å²) >= 11 is 0. The van der Waals surface area contributed by atoms with Crippen LogP contribution in [0.25, 0.3) is 0 Å². The Hall–Kier alpha value is -3.02. The zero-order valence-corrected chi connectivity index (χ0v) is 15.1. The van der Waals surface area contributed by atoms with E-state index >= 15 is 0 Å². The van der Waals surface area contributed by atoms with E-state index in [0.29, 0.717) is 17.1 Å². The van der Waals surface area contributed by atoms with Crippen LogP contribution >= 0.6 is 0 Å². The van der Waals surface area contributed by atoms with Crippen LogP contribution in [0.3, 0.4) is 0 Å². The molecule has 0 aliphatic carbocycles. The Bertz CT molecular complexity index is 758. The van der Waals surface area contributed by atoms with Crippen molar-refractivity contribution in [3.8, 4) is 11.5 Å². The van der Waals surface area contributed by atoms with Crippen LogP contribution in [0.1, 0.15) is 29.8 Å². The molecule has 2 rings (SSSR count). The van der Waals surface area contributed by atoms with Gasteiger partial charge < -0.3 is 19.9 Å². The molecule has 2 aromatic rings. The Kier molecular flexibility index (Phi) is 6.60. The van der Waals surface area contributed by atoms with E-state index in [4.69, 9.17) is 9.47 Å². The molecule has 0 aliphatic rings. The number of rotatable bonds is 8. The van der Waals surface area contributed by atoms with E-state index in [1.807, 2.05) is 44.2 Å². The first-order valence-electron chi connectivity index (χ1n) is 8.33. The molecule has 0 saturated carbocycles. The van der Waals surface area contributed by atoms with Crippen molar-refractivity contribution in [3.63, 3.8) is 0 Å². The molecule has 0 heterocycles. The molecule has 0 radical (unpaired) electrons. The molecular weight excluding hydrogens is 334 g/mol. The van der Waals surface area contributed by atoms with Gasteiger partial charge in [-0.05, 0) is 37.6 Å². The molecule has 0 fully saturated rings. The number of carboxylic acid groups (broad SMARTS) is 1. The third-order valence-electron chi connectivity index (χ3n) is 3.67. The van der Waals surface area contributed by atoms with Crippen LogP contribution in [-0.2, 0) is 11.2 Å². The molecule has 0 saturated heterocycles. The van der Waals surface area contributed by atoms with Gasteiger partial charge in [-0.3, -0.25) is 4.79 Å². The number of carbonyl (C=O) groups is 2. The van der Waals surface area contributed by atoms with Crippen molar-refractivity contribution in [2.24, 2.45) is 0 Å². The van der Waals surface area contributed by atoms with E-state index in [0.717, 1.165) is 5.56 Å². The second kappa shape index (κ2) is 8.89. The number of carboxylic acids is 1. The minimum Gasteiger partial charge on any atom is -0.493 e. The molecule has 0 bridgehead atoms. The lowest BCUT2D eigenvalue weighted by Gasteiger charge is -2.17. The summed E-state index contributed by atoms with van der Waals surface area (Å²) in [6.07, 6.45) is 0.166. The Morgan fingerprint density at radius 2 is 1.77 bits per heavy atom. The van der Waals surface area contributed by atoms with E-state index < -0.39 is 17.9 Å². The third kappa shape index (κ3) is 5.24. The first-order valence-corrected chi connectivity index (χ1v) is 8.33. The number of benzene rings is 2. The summed E-state index contributed by atoms with van der Waals surface area (Å²) in [5.74, 6) is -0.629. The first kappa shape index (κ1) is 19.3. The first-order chi connectivity index (χ1) is 12.4. The van der Waals surface area contributed by atoms with Gasteiger partial charge in [0.15, 0.2) is 11.5 Å². The number of nitrogens with one attached hydrogen (secondary N) is 1. The fourth-order valence-electron chi connectivity index (χ4n) is 2.45. The number of ether oxygens (including phenoxy) is 2. The predicted octanol–water partition coefficient (Wildman–Crippen LogP) is 2.91. The highest BCUT2D eigenvalue weighted by Gasteiger charge is 2.22. The lowest BCUT2D eigenvalue weighted by Crippen LogP contribution is -2.42. The molecule has 0 spiro atoms. The van der Waals surface area contributed by atoms with Gasteiger partial charge in [-0.1, -0.05) is 30.3 Å². The van der Waals surface area contributed by atoms with Gasteiger partial charge in [0.25, 0.3) is 5.91 Å². The van der Waals surface area contributed by atoms with Crippen molar-refractivity contribution in [1.82, 2.24) is 5.32 Å². The standard InChI is InChI=1S/C20H23NO5/c1-13(2)26-17-10-9-15(12-18(17)25-3)19(22)21-16(20(23)24)11-14-7-5-4-6-8-14/h4-10,12-13,16H,11H2,1-3H3,(H,21,22)(H,23,24). The monoisotopic (exact) mass is 357 g/mol. The maximum Gasteiger partial charge on any atom is 0.326 e. The predicted molar refractivity (Wildman–Crippen MR) is 97.8 cm³/mol. The fourth-order valence-corrected chi connectivity index (χ4v) is 2.45. The zero-order chi connectivity index (χ0) is 19.1. The lowest BCUT2D eigenvalue weighted by molar-refractivity contribution is -0.139. The van der Waals surface area contributed by atoms with Crippen LogP contribution in [0, 0.1) is 0 Å². The van der Waals surface area contributed by atoms with Crippen molar-refractivity contribution in [2.75, 3.05) is 7.11 Å². The Morgan fingerprint density at radius 1 is 1.08 bits per heavy atom. The smallest absolute Gasteiger partial charge is 0.326 e. The summed E-state index contributed by atoms with van der Waals surface area (Å²) in [4.78, 5) is 24.0. The molecule has 2 aromatic carbocycles. The van der Waals surface area contributed by atoms with Gasteiger partial charge >= 0.3 is 5.97 Å². The quantitative estimate of drug-likeness (QED) is 0.759. The molecule has 1 amide bonds. The number of hydrogen-bond donors (Lipinski definition) is 2. The molecular formula is C20H23NO5. The molecule has 6 heteroatoms. The van der Waals surface area contributed by atoms with E-state index in [2.05, 4.69) is 5.32 Å². The van der Waals surface area contributed by atoms with Crippen LogP contribution in [0.4, 0.5) is 0 Å². The highest BCUT2D eigenvalue weighted by molar-refractivity contribution is 5.97. The number of hydrogen-bond acceptors (Lipinski definition) is 4. The highest BCUT2D eigenvalue weighted by atomic mass is 16.5. The number of carbonyl (C=O) groups excluding carboxylic acids is 1. The summed E-state index contributed by atoms with van der Waals surface area (Å²) in [6.45, 7) is 3.78. The van der Waals surface area contributed by atoms with Gasteiger partial charge in [0.1, 0.15) is 6.04 Å². The molecule has 1 atom stereocenters. The van der Waals surface area contributed by atoms with Crippen molar-refractivity contribution in [2.45, 2.75) is 32.4 Å². The number of amides is 1. The topological polar surface area (TPSA) is 84.9 Å². The Labute approximate surface area is 152 Å². The van der Waals surface area contributed by atoms with E-state index in [-0.39, 0.29) is 12.5 Å². The van der Waals surface area contributed by atoms with Crippen LogP contribution in [0.5, 0.6) is 11.5 Å². The summed E-state index contributed by atoms with van der Waals surface area (Å²) in [6, 6.07) is 12.9. The van der Waals surface area contributed by atoms with Crippen LogP contribution in [0.2, 0.25) is 0 Å². The average molecular weight is 357 g/mol. The largest absolute Gasteiger partial charge is 0.493 e. The molecule has 0 aliphatic heterocycles. The van der Waals surface area contributed by atoms with Crippen LogP contribution < -0.4 is 14.8 Å². The van der Waals surface area contributed by atoms with E-state index in [9.17, 15) is 14.7 Å².